The zero-order valence-corrected chi connectivity index (χ0v) is 12.6. The van der Waals surface area contributed by atoms with Crippen LogP contribution in [0.2, 0.25) is 5.02 Å². The minimum Gasteiger partial charge on any atom is -0.507 e. The van der Waals surface area contributed by atoms with Gasteiger partial charge in [0, 0.05) is 16.1 Å². The van der Waals surface area contributed by atoms with Gasteiger partial charge in [0.2, 0.25) is 0 Å². The maximum atomic E-state index is 11.9. The van der Waals surface area contributed by atoms with E-state index in [0.717, 1.165) is 0 Å². The molecule has 0 bridgehead atoms. The molecule has 6 nitrogen and oxygen atoms in total. The van der Waals surface area contributed by atoms with Crippen molar-refractivity contribution >= 4 is 33.7 Å². The molecule has 3 rings (SSSR count). The van der Waals surface area contributed by atoms with E-state index in [4.69, 9.17) is 11.6 Å². The van der Waals surface area contributed by atoms with Crippen molar-refractivity contribution in [2.24, 2.45) is 9.50 Å². The van der Waals surface area contributed by atoms with Gasteiger partial charge in [-0.2, -0.15) is 13.5 Å². The smallest absolute Gasteiger partial charge is 0.285 e. The standard InChI is InChI=1S/C14H10ClN3O3S/c15-10-5-6-12(19)9(7-10)8-16-17-14-11-3-1-2-4-13(11)22(20,21)18-14/h1-8,19H,(H,17,18)/b16-8-. The molecule has 1 aliphatic heterocycles. The van der Waals surface area contributed by atoms with Crippen LogP contribution in [0.15, 0.2) is 56.9 Å². The van der Waals surface area contributed by atoms with Crippen molar-refractivity contribution in [2.45, 2.75) is 4.90 Å². The molecule has 22 heavy (non-hydrogen) atoms. The second kappa shape index (κ2) is 5.43. The molecule has 0 radical (unpaired) electrons. The van der Waals surface area contributed by atoms with Gasteiger partial charge in [0.05, 0.1) is 6.21 Å². The van der Waals surface area contributed by atoms with E-state index in [1.54, 1.807) is 24.3 Å². The summed E-state index contributed by atoms with van der Waals surface area (Å²) in [5.41, 5.74) is 3.43. The molecule has 2 N–H and O–H groups in total. The lowest BCUT2D eigenvalue weighted by molar-refractivity contribution is 0.474. The van der Waals surface area contributed by atoms with E-state index < -0.39 is 10.0 Å². The molecule has 8 heteroatoms. The molecule has 0 spiro atoms. The van der Waals surface area contributed by atoms with Crippen LogP contribution in [0.4, 0.5) is 0 Å². The second-order valence-corrected chi connectivity index (χ2v) is 6.49. The number of phenolic OH excluding ortho intramolecular Hbond substituents is 1. The summed E-state index contributed by atoms with van der Waals surface area (Å²) in [7, 11) is -3.68. The number of nitrogens with zero attached hydrogens (tertiary/aromatic N) is 2. The average Bonchev–Trinajstić information content (AvgIpc) is 2.75. The van der Waals surface area contributed by atoms with Gasteiger partial charge in [-0.3, -0.25) is 5.43 Å². The van der Waals surface area contributed by atoms with Crippen LogP contribution in [0.1, 0.15) is 11.1 Å². The van der Waals surface area contributed by atoms with Crippen LogP contribution in [0.5, 0.6) is 5.75 Å². The Morgan fingerprint density at radius 2 is 2.00 bits per heavy atom. The van der Waals surface area contributed by atoms with Gasteiger partial charge in [0.25, 0.3) is 10.0 Å². The molecular formula is C14H10ClN3O3S. The third kappa shape index (κ3) is 2.68. The van der Waals surface area contributed by atoms with Crippen LogP contribution in [-0.4, -0.2) is 25.6 Å². The number of fused-ring (bicyclic) bond motifs is 1. The number of amidine groups is 1. The zero-order valence-electron chi connectivity index (χ0n) is 11.1. The van der Waals surface area contributed by atoms with Gasteiger partial charge in [0.15, 0.2) is 5.84 Å². The van der Waals surface area contributed by atoms with E-state index in [1.807, 2.05) is 0 Å². The summed E-state index contributed by atoms with van der Waals surface area (Å²) in [6, 6.07) is 11.0. The molecule has 0 saturated carbocycles. The lowest BCUT2D eigenvalue weighted by atomic mass is 10.2. The van der Waals surface area contributed by atoms with Gasteiger partial charge in [-0.05, 0) is 30.3 Å². The maximum Gasteiger partial charge on any atom is 0.285 e. The molecule has 0 atom stereocenters. The second-order valence-electron chi connectivity index (χ2n) is 4.48. The summed E-state index contributed by atoms with van der Waals surface area (Å²) in [6.45, 7) is 0. The van der Waals surface area contributed by atoms with Gasteiger partial charge in [-0.15, -0.1) is 4.40 Å². The number of nitrogens with one attached hydrogen (secondary N) is 1. The predicted octanol–water partition coefficient (Wildman–Crippen LogP) is 2.12. The number of sulfonamides is 1. The van der Waals surface area contributed by atoms with Crippen molar-refractivity contribution in [3.8, 4) is 5.75 Å². The van der Waals surface area contributed by atoms with E-state index in [-0.39, 0.29) is 16.5 Å². The Balaban J connectivity index is 1.86. The van der Waals surface area contributed by atoms with Crippen LogP contribution in [-0.2, 0) is 10.0 Å². The predicted molar refractivity (Wildman–Crippen MR) is 84.0 cm³/mol. The molecule has 0 aliphatic carbocycles. The zero-order chi connectivity index (χ0) is 15.7. The van der Waals surface area contributed by atoms with Crippen LogP contribution < -0.4 is 5.43 Å². The highest BCUT2D eigenvalue weighted by molar-refractivity contribution is 7.90. The number of rotatable bonds is 2. The lowest BCUT2D eigenvalue weighted by Gasteiger charge is -2.01. The number of hydrogen-bond acceptors (Lipinski definition) is 5. The quantitative estimate of drug-likeness (QED) is 0.649. The maximum absolute atomic E-state index is 11.9. The molecule has 1 heterocycles. The summed E-state index contributed by atoms with van der Waals surface area (Å²) in [5, 5.41) is 14.0. The Morgan fingerprint density at radius 1 is 1.23 bits per heavy atom. The summed E-state index contributed by atoms with van der Waals surface area (Å²) < 4.78 is 27.4. The normalized spacial score (nSPS) is 15.6. The van der Waals surface area contributed by atoms with Gasteiger partial charge in [-0.25, -0.2) is 0 Å². The topological polar surface area (TPSA) is 91.1 Å². The monoisotopic (exact) mass is 335 g/mol. The number of phenols is 1. The number of halogens is 1. The number of benzene rings is 2. The average molecular weight is 336 g/mol. The summed E-state index contributed by atoms with van der Waals surface area (Å²) >= 11 is 5.83. The number of aromatic hydroxyl groups is 1. The van der Waals surface area contributed by atoms with E-state index in [0.29, 0.717) is 16.1 Å². The first-order chi connectivity index (χ1) is 10.5. The Kier molecular flexibility index (Phi) is 3.59. The first-order valence-corrected chi connectivity index (χ1v) is 8.01. The molecule has 0 fully saturated rings. The van der Waals surface area contributed by atoms with Crippen molar-refractivity contribution in [1.82, 2.24) is 5.43 Å². The summed E-state index contributed by atoms with van der Waals surface area (Å²) in [6.07, 6.45) is 1.33. The first-order valence-electron chi connectivity index (χ1n) is 6.19. The third-order valence-electron chi connectivity index (χ3n) is 3.00. The highest BCUT2D eigenvalue weighted by atomic mass is 35.5. The highest BCUT2D eigenvalue weighted by Crippen LogP contribution is 2.25. The number of hydrogen-bond donors (Lipinski definition) is 2. The van der Waals surface area contributed by atoms with Crippen molar-refractivity contribution < 1.29 is 13.5 Å². The van der Waals surface area contributed by atoms with Crippen LogP contribution in [0.3, 0.4) is 0 Å². The molecule has 112 valence electrons. The van der Waals surface area contributed by atoms with Crippen molar-refractivity contribution in [3.63, 3.8) is 0 Å². The van der Waals surface area contributed by atoms with Crippen LogP contribution >= 0.6 is 11.6 Å². The van der Waals surface area contributed by atoms with Crippen LogP contribution in [0, 0.1) is 0 Å². The fourth-order valence-electron chi connectivity index (χ4n) is 1.98. The molecule has 1 aliphatic rings. The van der Waals surface area contributed by atoms with Gasteiger partial charge < -0.3 is 5.11 Å². The van der Waals surface area contributed by atoms with Gasteiger partial charge >= 0.3 is 0 Å². The fraction of sp³-hybridized carbons (Fsp3) is 0. The molecule has 0 amide bonds. The van der Waals surface area contributed by atoms with Gasteiger partial charge in [0.1, 0.15) is 10.6 Å². The SMILES string of the molecule is O=S1(=O)N=C(N/N=C\c2cc(Cl)ccc2O)c2ccccc21. The summed E-state index contributed by atoms with van der Waals surface area (Å²) in [4.78, 5) is 0.137. The first kappa shape index (κ1) is 14.6. The fourth-order valence-corrected chi connectivity index (χ4v) is 3.33. The number of hydrazone groups is 1. The molecule has 0 unspecified atom stereocenters. The molecule has 0 aromatic heterocycles. The van der Waals surface area contributed by atoms with Crippen molar-refractivity contribution in [3.05, 3.63) is 58.6 Å². The Hall–Kier alpha value is -2.38. The summed E-state index contributed by atoms with van der Waals surface area (Å²) in [5.74, 6) is 0.143. The minimum atomic E-state index is -3.68. The van der Waals surface area contributed by atoms with E-state index >= 15 is 0 Å². The third-order valence-corrected chi connectivity index (χ3v) is 4.57. The Labute approximate surface area is 131 Å². The molecule has 2 aromatic rings. The molecule has 0 saturated heterocycles. The Morgan fingerprint density at radius 3 is 2.82 bits per heavy atom. The lowest BCUT2D eigenvalue weighted by Crippen LogP contribution is -2.17. The highest BCUT2D eigenvalue weighted by Gasteiger charge is 2.28. The molecular weight excluding hydrogens is 326 g/mol. The van der Waals surface area contributed by atoms with Crippen molar-refractivity contribution in [1.29, 1.82) is 0 Å². The van der Waals surface area contributed by atoms with E-state index in [9.17, 15) is 13.5 Å². The largest absolute Gasteiger partial charge is 0.507 e. The van der Waals surface area contributed by atoms with Crippen LogP contribution in [0.25, 0.3) is 0 Å². The minimum absolute atomic E-state index is 0.0105. The van der Waals surface area contributed by atoms with E-state index in [2.05, 4.69) is 14.9 Å². The molecule has 2 aromatic carbocycles. The van der Waals surface area contributed by atoms with E-state index in [1.165, 1.54) is 24.4 Å². The Bertz CT molecular complexity index is 907. The van der Waals surface area contributed by atoms with Crippen molar-refractivity contribution in [2.75, 3.05) is 0 Å². The van der Waals surface area contributed by atoms with Gasteiger partial charge in [-0.1, -0.05) is 23.7 Å².